The highest BCUT2D eigenvalue weighted by Gasteiger charge is 2.14. The minimum atomic E-state index is -0.503. The van der Waals surface area contributed by atoms with Crippen molar-refractivity contribution in [3.8, 4) is 5.75 Å². The lowest BCUT2D eigenvalue weighted by Crippen LogP contribution is -2.10. The molecule has 5 heteroatoms. The summed E-state index contributed by atoms with van der Waals surface area (Å²) in [6.45, 7) is 4.03. The van der Waals surface area contributed by atoms with Gasteiger partial charge in [0, 0.05) is 6.42 Å². The van der Waals surface area contributed by atoms with Crippen molar-refractivity contribution in [2.75, 3.05) is 13.2 Å². The SMILES string of the molecule is CCOC(=O)CCc1ccc(O)cc1C(=O)OCC. The van der Waals surface area contributed by atoms with Crippen molar-refractivity contribution in [1.82, 2.24) is 0 Å². The molecule has 0 unspecified atom stereocenters. The van der Waals surface area contributed by atoms with E-state index in [9.17, 15) is 14.7 Å². The first-order chi connectivity index (χ1) is 9.08. The topological polar surface area (TPSA) is 72.8 Å². The first kappa shape index (κ1) is 15.0. The number of benzene rings is 1. The number of phenolic OH excluding ortho intramolecular Hbond substituents is 1. The van der Waals surface area contributed by atoms with Crippen molar-refractivity contribution in [1.29, 1.82) is 0 Å². The Morgan fingerprint density at radius 2 is 1.84 bits per heavy atom. The smallest absolute Gasteiger partial charge is 0.338 e. The van der Waals surface area contributed by atoms with Gasteiger partial charge >= 0.3 is 11.9 Å². The number of aryl methyl sites for hydroxylation is 1. The number of esters is 2. The number of rotatable bonds is 6. The fourth-order valence-electron chi connectivity index (χ4n) is 1.65. The van der Waals surface area contributed by atoms with E-state index >= 15 is 0 Å². The van der Waals surface area contributed by atoms with Crippen molar-refractivity contribution in [3.63, 3.8) is 0 Å². The average molecular weight is 266 g/mol. The Bertz CT molecular complexity index is 453. The molecule has 0 aliphatic rings. The van der Waals surface area contributed by atoms with E-state index in [2.05, 4.69) is 0 Å². The summed E-state index contributed by atoms with van der Waals surface area (Å²) >= 11 is 0. The highest BCUT2D eigenvalue weighted by molar-refractivity contribution is 5.91. The van der Waals surface area contributed by atoms with Gasteiger partial charge in [0.2, 0.25) is 0 Å². The standard InChI is InChI=1S/C14H18O5/c1-3-18-13(16)8-6-10-5-7-11(15)9-12(10)14(17)19-4-2/h5,7,9,15H,3-4,6,8H2,1-2H3. The van der Waals surface area contributed by atoms with E-state index in [4.69, 9.17) is 9.47 Å². The Morgan fingerprint density at radius 3 is 2.47 bits per heavy atom. The zero-order valence-corrected chi connectivity index (χ0v) is 11.1. The molecular formula is C14H18O5. The molecule has 0 atom stereocenters. The van der Waals surface area contributed by atoms with E-state index in [1.807, 2.05) is 0 Å². The van der Waals surface area contributed by atoms with E-state index in [1.54, 1.807) is 19.9 Å². The van der Waals surface area contributed by atoms with Crippen LogP contribution in [0.15, 0.2) is 18.2 Å². The van der Waals surface area contributed by atoms with Crippen LogP contribution >= 0.6 is 0 Å². The molecule has 1 aromatic carbocycles. The lowest BCUT2D eigenvalue weighted by atomic mass is 10.0. The predicted octanol–water partition coefficient (Wildman–Crippen LogP) is 2.06. The number of aromatic hydroxyl groups is 1. The van der Waals surface area contributed by atoms with Crippen LogP contribution in [-0.2, 0) is 20.7 Å². The molecule has 0 saturated carbocycles. The Morgan fingerprint density at radius 1 is 1.16 bits per heavy atom. The highest BCUT2D eigenvalue weighted by Crippen LogP contribution is 2.19. The van der Waals surface area contributed by atoms with E-state index in [0.29, 0.717) is 18.6 Å². The van der Waals surface area contributed by atoms with Gasteiger partial charge in [-0.3, -0.25) is 4.79 Å². The zero-order chi connectivity index (χ0) is 14.3. The molecule has 0 bridgehead atoms. The summed E-state index contributed by atoms with van der Waals surface area (Å²) in [7, 11) is 0. The number of ether oxygens (including phenoxy) is 2. The summed E-state index contributed by atoms with van der Waals surface area (Å²) in [5.74, 6) is -0.828. The van der Waals surface area contributed by atoms with E-state index in [1.165, 1.54) is 12.1 Å². The molecule has 0 spiro atoms. The molecule has 0 aliphatic carbocycles. The van der Waals surface area contributed by atoms with Crippen LogP contribution in [0.1, 0.15) is 36.2 Å². The Balaban J connectivity index is 2.82. The normalized spacial score (nSPS) is 10.0. The Labute approximate surface area is 112 Å². The largest absolute Gasteiger partial charge is 0.508 e. The van der Waals surface area contributed by atoms with Crippen molar-refractivity contribution in [2.45, 2.75) is 26.7 Å². The van der Waals surface area contributed by atoms with Crippen LogP contribution in [0.4, 0.5) is 0 Å². The maximum absolute atomic E-state index is 11.7. The van der Waals surface area contributed by atoms with Crippen LogP contribution < -0.4 is 0 Å². The van der Waals surface area contributed by atoms with Crippen molar-refractivity contribution >= 4 is 11.9 Å². The average Bonchev–Trinajstić information content (AvgIpc) is 2.38. The molecule has 1 rings (SSSR count). The van der Waals surface area contributed by atoms with Crippen LogP contribution in [0.2, 0.25) is 0 Å². The third-order valence-electron chi connectivity index (χ3n) is 2.49. The molecule has 19 heavy (non-hydrogen) atoms. The van der Waals surface area contributed by atoms with Crippen LogP contribution in [0, 0.1) is 0 Å². The molecule has 5 nitrogen and oxygen atoms in total. The highest BCUT2D eigenvalue weighted by atomic mass is 16.5. The third kappa shape index (κ3) is 4.62. The van der Waals surface area contributed by atoms with Crippen molar-refractivity contribution in [2.24, 2.45) is 0 Å². The lowest BCUT2D eigenvalue weighted by molar-refractivity contribution is -0.143. The van der Waals surface area contributed by atoms with Crippen LogP contribution in [-0.4, -0.2) is 30.3 Å². The molecule has 0 fully saturated rings. The van der Waals surface area contributed by atoms with Gasteiger partial charge in [-0.2, -0.15) is 0 Å². The summed E-state index contributed by atoms with van der Waals surface area (Å²) in [4.78, 5) is 23.0. The number of hydrogen-bond donors (Lipinski definition) is 1. The summed E-state index contributed by atoms with van der Waals surface area (Å²) in [6, 6.07) is 4.43. The number of carbonyl (C=O) groups is 2. The van der Waals surface area contributed by atoms with Crippen LogP contribution in [0.25, 0.3) is 0 Å². The number of hydrogen-bond acceptors (Lipinski definition) is 5. The second-order valence-electron chi connectivity index (χ2n) is 3.87. The van der Waals surface area contributed by atoms with E-state index in [-0.39, 0.29) is 30.3 Å². The first-order valence-corrected chi connectivity index (χ1v) is 6.23. The van der Waals surface area contributed by atoms with Gasteiger partial charge in [-0.25, -0.2) is 4.79 Å². The molecule has 104 valence electrons. The van der Waals surface area contributed by atoms with E-state index < -0.39 is 5.97 Å². The molecule has 1 aromatic rings. The molecule has 0 aliphatic heterocycles. The van der Waals surface area contributed by atoms with Gasteiger partial charge in [0.15, 0.2) is 0 Å². The van der Waals surface area contributed by atoms with Crippen LogP contribution in [0.5, 0.6) is 5.75 Å². The summed E-state index contributed by atoms with van der Waals surface area (Å²) < 4.78 is 9.74. The fourth-order valence-corrected chi connectivity index (χ4v) is 1.65. The number of phenols is 1. The summed E-state index contributed by atoms with van der Waals surface area (Å²) in [5.41, 5.74) is 0.940. The van der Waals surface area contributed by atoms with Gasteiger partial charge in [-0.15, -0.1) is 0 Å². The zero-order valence-electron chi connectivity index (χ0n) is 11.1. The van der Waals surface area contributed by atoms with Crippen molar-refractivity contribution < 1.29 is 24.2 Å². The minimum absolute atomic E-state index is 0.0112. The maximum atomic E-state index is 11.7. The quantitative estimate of drug-likeness (QED) is 0.798. The molecule has 1 N–H and O–H groups in total. The van der Waals surface area contributed by atoms with Gasteiger partial charge < -0.3 is 14.6 Å². The predicted molar refractivity (Wildman–Crippen MR) is 69.0 cm³/mol. The Hall–Kier alpha value is -2.04. The van der Waals surface area contributed by atoms with Gasteiger partial charge in [0.25, 0.3) is 0 Å². The molecule has 0 amide bonds. The molecule has 0 saturated heterocycles. The molecular weight excluding hydrogens is 248 g/mol. The number of carbonyl (C=O) groups excluding carboxylic acids is 2. The fraction of sp³-hybridized carbons (Fsp3) is 0.429. The van der Waals surface area contributed by atoms with Crippen molar-refractivity contribution in [3.05, 3.63) is 29.3 Å². The molecule has 0 aromatic heterocycles. The van der Waals surface area contributed by atoms with Gasteiger partial charge in [0.1, 0.15) is 5.75 Å². The Kier molecular flexibility index (Phi) is 5.85. The third-order valence-corrected chi connectivity index (χ3v) is 2.49. The summed E-state index contributed by atoms with van der Waals surface area (Å²) in [6.07, 6.45) is 0.554. The van der Waals surface area contributed by atoms with E-state index in [0.717, 1.165) is 0 Å². The van der Waals surface area contributed by atoms with Gasteiger partial charge in [-0.1, -0.05) is 6.07 Å². The molecule has 0 radical (unpaired) electrons. The first-order valence-electron chi connectivity index (χ1n) is 6.23. The second kappa shape index (κ2) is 7.41. The maximum Gasteiger partial charge on any atom is 0.338 e. The minimum Gasteiger partial charge on any atom is -0.508 e. The van der Waals surface area contributed by atoms with Crippen LogP contribution in [0.3, 0.4) is 0 Å². The van der Waals surface area contributed by atoms with Gasteiger partial charge in [0.05, 0.1) is 18.8 Å². The second-order valence-corrected chi connectivity index (χ2v) is 3.87. The van der Waals surface area contributed by atoms with Gasteiger partial charge in [-0.05, 0) is 38.0 Å². The summed E-state index contributed by atoms with van der Waals surface area (Å²) in [5, 5.41) is 9.42. The molecule has 0 heterocycles. The lowest BCUT2D eigenvalue weighted by Gasteiger charge is -2.09. The monoisotopic (exact) mass is 266 g/mol.